The van der Waals surface area contributed by atoms with Crippen LogP contribution in [0.3, 0.4) is 0 Å². The molecular weight excluding hydrogens is 240 g/mol. The second-order valence-electron chi connectivity index (χ2n) is 4.63. The Morgan fingerprint density at radius 1 is 1.32 bits per heavy atom. The largest absolute Gasteiger partial charge is 0.465 e. The van der Waals surface area contributed by atoms with Crippen LogP contribution in [0, 0.1) is 0 Å². The smallest absolute Gasteiger partial charge is 0.337 e. The Morgan fingerprint density at radius 2 is 2.11 bits per heavy atom. The van der Waals surface area contributed by atoms with Gasteiger partial charge in [-0.1, -0.05) is 12.1 Å². The normalized spacial score (nSPS) is 17.8. The molecule has 1 aliphatic rings. The maximum Gasteiger partial charge on any atom is 0.337 e. The summed E-state index contributed by atoms with van der Waals surface area (Å²) in [5.74, 6) is -0.300. The minimum absolute atomic E-state index is 0.190. The van der Waals surface area contributed by atoms with Crippen molar-refractivity contribution in [3.63, 3.8) is 0 Å². The second kappa shape index (κ2) is 4.90. The van der Waals surface area contributed by atoms with Crippen LogP contribution in [0.2, 0.25) is 0 Å². The van der Waals surface area contributed by atoms with Crippen LogP contribution in [-0.4, -0.2) is 24.2 Å². The molecule has 3 rings (SSSR count). The number of esters is 1. The monoisotopic (exact) mass is 256 g/mol. The van der Waals surface area contributed by atoms with Gasteiger partial charge in [-0.2, -0.15) is 0 Å². The van der Waals surface area contributed by atoms with E-state index in [9.17, 15) is 4.79 Å². The van der Waals surface area contributed by atoms with Gasteiger partial charge < -0.3 is 14.6 Å². The summed E-state index contributed by atoms with van der Waals surface area (Å²) >= 11 is 0. The fraction of sp³-hybridized carbons (Fsp3) is 0.267. The van der Waals surface area contributed by atoms with Gasteiger partial charge in [-0.05, 0) is 29.8 Å². The van der Waals surface area contributed by atoms with Crippen LogP contribution in [0.15, 0.2) is 42.6 Å². The molecule has 0 unspecified atom stereocenters. The van der Waals surface area contributed by atoms with Crippen molar-refractivity contribution < 1.29 is 9.53 Å². The lowest BCUT2D eigenvalue weighted by Gasteiger charge is -2.26. The molecular formula is C15H16N2O2. The molecule has 0 saturated heterocycles. The van der Waals surface area contributed by atoms with Crippen LogP contribution >= 0.6 is 0 Å². The van der Waals surface area contributed by atoms with Gasteiger partial charge in [0.1, 0.15) is 0 Å². The van der Waals surface area contributed by atoms with E-state index in [1.807, 2.05) is 24.3 Å². The molecule has 0 fully saturated rings. The number of ether oxygens (including phenoxy) is 1. The summed E-state index contributed by atoms with van der Waals surface area (Å²) in [6.07, 6.45) is 2.10. The molecule has 2 aromatic rings. The van der Waals surface area contributed by atoms with E-state index in [4.69, 9.17) is 4.74 Å². The number of nitrogens with one attached hydrogen (secondary N) is 1. The quantitative estimate of drug-likeness (QED) is 0.835. The lowest BCUT2D eigenvalue weighted by molar-refractivity contribution is 0.0600. The first-order valence-electron chi connectivity index (χ1n) is 6.36. The van der Waals surface area contributed by atoms with E-state index in [0.717, 1.165) is 18.7 Å². The molecule has 4 nitrogen and oxygen atoms in total. The Morgan fingerprint density at radius 3 is 2.84 bits per heavy atom. The number of aromatic nitrogens is 1. The van der Waals surface area contributed by atoms with Gasteiger partial charge in [0, 0.05) is 25.0 Å². The maximum atomic E-state index is 11.4. The van der Waals surface area contributed by atoms with E-state index in [-0.39, 0.29) is 12.0 Å². The number of nitrogens with zero attached hydrogens (tertiary/aromatic N) is 1. The first-order chi connectivity index (χ1) is 9.29. The Labute approximate surface area is 112 Å². The summed E-state index contributed by atoms with van der Waals surface area (Å²) in [7, 11) is 1.39. The number of hydrogen-bond acceptors (Lipinski definition) is 3. The highest BCUT2D eigenvalue weighted by Gasteiger charge is 2.20. The molecule has 1 atom stereocenters. The predicted molar refractivity (Wildman–Crippen MR) is 72.1 cm³/mol. The Bertz CT molecular complexity index is 586. The highest BCUT2D eigenvalue weighted by atomic mass is 16.5. The molecule has 1 aliphatic heterocycles. The molecule has 0 bridgehead atoms. The lowest BCUT2D eigenvalue weighted by Crippen LogP contribution is -2.33. The van der Waals surface area contributed by atoms with Crippen molar-refractivity contribution in [2.24, 2.45) is 0 Å². The van der Waals surface area contributed by atoms with E-state index >= 15 is 0 Å². The van der Waals surface area contributed by atoms with Gasteiger partial charge in [0.05, 0.1) is 18.7 Å². The van der Waals surface area contributed by atoms with Gasteiger partial charge >= 0.3 is 5.97 Å². The minimum atomic E-state index is -0.300. The number of carbonyl (C=O) groups excluding carboxylic acids is 1. The minimum Gasteiger partial charge on any atom is -0.465 e. The molecule has 0 spiro atoms. The van der Waals surface area contributed by atoms with E-state index < -0.39 is 0 Å². The van der Waals surface area contributed by atoms with Crippen LogP contribution in [0.1, 0.15) is 27.7 Å². The fourth-order valence-corrected chi connectivity index (χ4v) is 2.55. The van der Waals surface area contributed by atoms with Gasteiger partial charge in [-0.25, -0.2) is 4.79 Å². The van der Waals surface area contributed by atoms with Crippen molar-refractivity contribution >= 4 is 5.97 Å². The summed E-state index contributed by atoms with van der Waals surface area (Å²) in [5, 5.41) is 3.50. The molecule has 0 amide bonds. The molecule has 4 heteroatoms. The number of rotatable bonds is 2. The molecule has 2 heterocycles. The first-order valence-corrected chi connectivity index (χ1v) is 6.36. The van der Waals surface area contributed by atoms with Crippen LogP contribution in [-0.2, 0) is 11.3 Å². The summed E-state index contributed by atoms with van der Waals surface area (Å²) in [5.41, 5.74) is 3.00. The van der Waals surface area contributed by atoms with Gasteiger partial charge in [-0.3, -0.25) is 0 Å². The third-order valence-corrected chi connectivity index (χ3v) is 3.53. The molecule has 0 aliphatic carbocycles. The number of benzene rings is 1. The third kappa shape index (κ3) is 2.15. The van der Waals surface area contributed by atoms with E-state index in [2.05, 4.69) is 28.2 Å². The molecule has 1 N–H and O–H groups in total. The number of hydrogen-bond donors (Lipinski definition) is 1. The van der Waals surface area contributed by atoms with Crippen molar-refractivity contribution in [1.82, 2.24) is 9.88 Å². The Balaban J connectivity index is 1.90. The van der Waals surface area contributed by atoms with Gasteiger partial charge in [0.2, 0.25) is 0 Å². The van der Waals surface area contributed by atoms with Crippen LogP contribution in [0.4, 0.5) is 0 Å². The zero-order valence-electron chi connectivity index (χ0n) is 10.8. The van der Waals surface area contributed by atoms with Crippen molar-refractivity contribution in [3.05, 3.63) is 59.4 Å². The zero-order chi connectivity index (χ0) is 13.2. The lowest BCUT2D eigenvalue weighted by atomic mass is 10.0. The SMILES string of the molecule is COC(=O)c1ccc([C@@H]2NCCn3cccc32)cc1. The standard InChI is InChI=1S/C15H16N2O2/c1-19-15(18)12-6-4-11(5-7-12)14-13-3-2-9-17(13)10-8-16-14/h2-7,9,14,16H,8,10H2,1H3/t14-/m0/s1. The molecule has 19 heavy (non-hydrogen) atoms. The first kappa shape index (κ1) is 12.0. The Kier molecular flexibility index (Phi) is 3.09. The number of methoxy groups -OCH3 is 1. The summed E-state index contributed by atoms with van der Waals surface area (Å²) in [6, 6.07) is 12.0. The topological polar surface area (TPSA) is 43.3 Å². The van der Waals surface area contributed by atoms with E-state index in [1.165, 1.54) is 12.8 Å². The van der Waals surface area contributed by atoms with Gasteiger partial charge in [-0.15, -0.1) is 0 Å². The third-order valence-electron chi connectivity index (χ3n) is 3.53. The van der Waals surface area contributed by atoms with Crippen LogP contribution in [0.25, 0.3) is 0 Å². The van der Waals surface area contributed by atoms with Gasteiger partial charge in [0.15, 0.2) is 0 Å². The average molecular weight is 256 g/mol. The highest BCUT2D eigenvalue weighted by Crippen LogP contribution is 2.25. The van der Waals surface area contributed by atoms with Crippen molar-refractivity contribution in [1.29, 1.82) is 0 Å². The molecule has 0 radical (unpaired) electrons. The molecule has 1 aromatic heterocycles. The molecule has 98 valence electrons. The average Bonchev–Trinajstić information content (AvgIpc) is 2.95. The van der Waals surface area contributed by atoms with Gasteiger partial charge in [0.25, 0.3) is 0 Å². The van der Waals surface area contributed by atoms with Crippen LogP contribution < -0.4 is 5.32 Å². The van der Waals surface area contributed by atoms with Crippen molar-refractivity contribution in [3.8, 4) is 0 Å². The molecule has 1 aromatic carbocycles. The van der Waals surface area contributed by atoms with E-state index in [1.54, 1.807) is 0 Å². The highest BCUT2D eigenvalue weighted by molar-refractivity contribution is 5.89. The fourth-order valence-electron chi connectivity index (χ4n) is 2.55. The van der Waals surface area contributed by atoms with Crippen molar-refractivity contribution in [2.75, 3.05) is 13.7 Å². The Hall–Kier alpha value is -2.07. The summed E-state index contributed by atoms with van der Waals surface area (Å²) < 4.78 is 6.97. The number of carbonyl (C=O) groups is 1. The predicted octanol–water partition coefficient (Wildman–Crippen LogP) is 1.97. The summed E-state index contributed by atoms with van der Waals surface area (Å²) in [4.78, 5) is 11.4. The van der Waals surface area contributed by atoms with E-state index in [0.29, 0.717) is 5.56 Å². The molecule has 0 saturated carbocycles. The zero-order valence-corrected chi connectivity index (χ0v) is 10.8. The second-order valence-corrected chi connectivity index (χ2v) is 4.63. The number of fused-ring (bicyclic) bond motifs is 1. The maximum absolute atomic E-state index is 11.4. The van der Waals surface area contributed by atoms with Crippen LogP contribution in [0.5, 0.6) is 0 Å². The summed E-state index contributed by atoms with van der Waals surface area (Å²) in [6.45, 7) is 1.95. The van der Waals surface area contributed by atoms with Crippen molar-refractivity contribution in [2.45, 2.75) is 12.6 Å².